The highest BCUT2D eigenvalue weighted by Gasteiger charge is 2.35. The monoisotopic (exact) mass is 728 g/mol. The summed E-state index contributed by atoms with van der Waals surface area (Å²) in [7, 11) is 17.2. The van der Waals surface area contributed by atoms with Gasteiger partial charge in [0.1, 0.15) is 12.2 Å². The Balaban J connectivity index is 0.000000195. The molecule has 2 aromatic carbocycles. The van der Waals surface area contributed by atoms with Gasteiger partial charge in [0.15, 0.2) is 0 Å². The summed E-state index contributed by atoms with van der Waals surface area (Å²) in [4.78, 5) is 23.8. The quantitative estimate of drug-likeness (QED) is 0.160. The van der Waals surface area contributed by atoms with Crippen LogP contribution in [-0.4, -0.2) is 75.5 Å². The minimum absolute atomic E-state index is 0.0114. The average molecular weight is 729 g/mol. The van der Waals surface area contributed by atoms with Crippen LogP contribution in [-0.2, 0) is 9.47 Å². The van der Waals surface area contributed by atoms with Gasteiger partial charge in [0.25, 0.3) is 0 Å². The number of alkyl halides is 1. The highest BCUT2D eigenvalue weighted by molar-refractivity contribution is 6.20. The molecule has 6 radical (unpaired) electrons. The second-order valence-corrected chi connectivity index (χ2v) is 15.8. The van der Waals surface area contributed by atoms with E-state index in [1.165, 1.54) is 0 Å². The fourth-order valence-corrected chi connectivity index (χ4v) is 8.43. The first-order chi connectivity index (χ1) is 24.9. The molecule has 52 heavy (non-hydrogen) atoms. The summed E-state index contributed by atoms with van der Waals surface area (Å²) in [5.74, 6) is 1.98. The van der Waals surface area contributed by atoms with Crippen molar-refractivity contribution >= 4 is 47.1 Å². The van der Waals surface area contributed by atoms with Crippen LogP contribution in [0.15, 0.2) is 60.7 Å². The van der Waals surface area contributed by atoms with E-state index in [1.54, 1.807) is 24.3 Å². The molecule has 2 N–H and O–H groups in total. The zero-order valence-corrected chi connectivity index (χ0v) is 32.6. The van der Waals surface area contributed by atoms with E-state index in [1.807, 2.05) is 36.4 Å². The summed E-state index contributed by atoms with van der Waals surface area (Å²) >= 11 is 6.12. The molecule has 0 bridgehead atoms. The number of rotatable bonds is 8. The lowest BCUT2D eigenvalue weighted by Gasteiger charge is -2.18. The second-order valence-electron chi connectivity index (χ2n) is 15.2. The Morgan fingerprint density at radius 2 is 0.904 bits per heavy atom. The number of hydrogen-bond acceptors (Lipinski definition) is 6. The van der Waals surface area contributed by atoms with E-state index in [2.05, 4.69) is 27.7 Å². The lowest BCUT2D eigenvalue weighted by Crippen LogP contribution is -2.22. The molecule has 0 aromatic heterocycles. The van der Waals surface area contributed by atoms with Gasteiger partial charge in [0.2, 0.25) is 0 Å². The summed E-state index contributed by atoms with van der Waals surface area (Å²) in [5.41, 5.74) is 1.23. The maximum absolute atomic E-state index is 11.9. The van der Waals surface area contributed by atoms with Crippen molar-refractivity contribution in [2.24, 2.45) is 23.7 Å². The van der Waals surface area contributed by atoms with Crippen molar-refractivity contribution in [2.45, 2.75) is 152 Å². The first-order valence-corrected chi connectivity index (χ1v) is 20.1. The number of esters is 2. The number of benzene rings is 2. The number of ether oxygens (including phenoxy) is 2. The van der Waals surface area contributed by atoms with Gasteiger partial charge in [-0.25, -0.2) is 9.59 Å². The zero-order valence-electron chi connectivity index (χ0n) is 31.8. The van der Waals surface area contributed by atoms with Crippen LogP contribution in [0.25, 0.3) is 0 Å². The highest BCUT2D eigenvalue weighted by atomic mass is 35.5. The van der Waals surface area contributed by atoms with Gasteiger partial charge in [-0.05, 0) is 86.5 Å². The molecule has 6 rings (SSSR count). The van der Waals surface area contributed by atoms with Crippen molar-refractivity contribution in [3.05, 3.63) is 71.8 Å². The van der Waals surface area contributed by atoms with Gasteiger partial charge in [0.05, 0.1) is 46.9 Å². The molecule has 4 aliphatic rings. The number of aliphatic hydroxyl groups excluding tert-OH is 2. The predicted octanol–water partition coefficient (Wildman–Crippen LogP) is 8.88. The highest BCUT2D eigenvalue weighted by Crippen LogP contribution is 2.38. The Morgan fingerprint density at radius 1 is 0.558 bits per heavy atom. The van der Waals surface area contributed by atoms with E-state index in [4.69, 9.17) is 44.6 Å². The first kappa shape index (κ1) is 44.2. The topological polar surface area (TPSA) is 93.1 Å². The SMILES string of the molecule is CCC1CC(Cl)CC1OC(=O)c1ccccc1.[B]C1CC(CC)C(OC(=O)c2ccccc2)C1.[B]C1CC(O)C(CC)C1.[B]C1CC(O)C(CC)C1. The van der Waals surface area contributed by atoms with E-state index in [9.17, 15) is 19.8 Å². The number of carbonyl (C=O) groups is 2. The summed E-state index contributed by atoms with van der Waals surface area (Å²) < 4.78 is 11.1. The van der Waals surface area contributed by atoms with Gasteiger partial charge in [-0.3, -0.25) is 0 Å². The molecule has 12 unspecified atom stereocenters. The van der Waals surface area contributed by atoms with Crippen LogP contribution in [0.1, 0.15) is 125 Å². The molecule has 6 nitrogen and oxygen atoms in total. The second kappa shape index (κ2) is 22.9. The van der Waals surface area contributed by atoms with Gasteiger partial charge in [-0.2, -0.15) is 0 Å². The van der Waals surface area contributed by atoms with Crippen LogP contribution in [0.2, 0.25) is 17.5 Å². The number of halogens is 1. The molecule has 12 atom stereocenters. The number of aliphatic hydroxyl groups is 2. The van der Waals surface area contributed by atoms with Crippen molar-refractivity contribution in [2.75, 3.05) is 0 Å². The van der Waals surface area contributed by atoms with E-state index in [-0.39, 0.29) is 59.2 Å². The van der Waals surface area contributed by atoms with Crippen LogP contribution >= 0.6 is 11.6 Å². The summed E-state index contributed by atoms with van der Waals surface area (Å²) in [6, 6.07) is 18.2. The third-order valence-electron chi connectivity index (χ3n) is 11.3. The fraction of sp³-hybridized carbons (Fsp3) is 0.667. The lowest BCUT2D eigenvalue weighted by molar-refractivity contribution is 0.0194. The third-order valence-corrected chi connectivity index (χ3v) is 11.6. The standard InChI is InChI=1S/C14H17BO2.C14H17ClO2.2C7H13BO/c2*1-2-10-8-12(15)9-13(10)17-14(16)11-6-4-3-5-7-11;2*1-2-5-3-6(8)4-7(5)9/h2*3-7,10,12-13H,2,8-9H2,1H3;2*5-7,9H,2-4H2,1H3. The summed E-state index contributed by atoms with van der Waals surface area (Å²) in [5, 5.41) is 18.7. The molecular weight excluding hydrogens is 668 g/mol. The van der Waals surface area contributed by atoms with Gasteiger partial charge >= 0.3 is 11.9 Å². The normalized spacial score (nSPS) is 33.4. The molecule has 0 heterocycles. The molecule has 0 amide bonds. The van der Waals surface area contributed by atoms with E-state index >= 15 is 0 Å². The first-order valence-electron chi connectivity index (χ1n) is 19.7. The summed E-state index contributed by atoms with van der Waals surface area (Å²) in [6.45, 7) is 8.44. The molecule has 4 fully saturated rings. The Morgan fingerprint density at radius 3 is 1.25 bits per heavy atom. The van der Waals surface area contributed by atoms with Crippen LogP contribution in [0.4, 0.5) is 0 Å². The third kappa shape index (κ3) is 14.2. The van der Waals surface area contributed by atoms with Gasteiger partial charge in [0, 0.05) is 11.8 Å². The molecule has 280 valence electrons. The van der Waals surface area contributed by atoms with Crippen molar-refractivity contribution in [3.8, 4) is 0 Å². The Labute approximate surface area is 322 Å². The largest absolute Gasteiger partial charge is 0.459 e. The van der Waals surface area contributed by atoms with Gasteiger partial charge < -0.3 is 19.7 Å². The Hall–Kier alpha value is -2.22. The lowest BCUT2D eigenvalue weighted by atomic mass is 9.85. The van der Waals surface area contributed by atoms with E-state index in [0.29, 0.717) is 34.8 Å². The van der Waals surface area contributed by atoms with Crippen LogP contribution in [0.3, 0.4) is 0 Å². The summed E-state index contributed by atoms with van der Waals surface area (Å²) in [6.07, 6.45) is 11.0. The van der Waals surface area contributed by atoms with Crippen molar-refractivity contribution in [1.82, 2.24) is 0 Å². The smallest absolute Gasteiger partial charge is 0.338 e. The maximum Gasteiger partial charge on any atom is 0.338 e. The number of carbonyl (C=O) groups excluding carboxylic acids is 2. The van der Waals surface area contributed by atoms with Crippen LogP contribution in [0.5, 0.6) is 0 Å². The zero-order chi connectivity index (χ0) is 38.2. The molecule has 0 spiro atoms. The molecule has 10 heteroatoms. The molecule has 2 aromatic rings. The van der Waals surface area contributed by atoms with E-state index < -0.39 is 0 Å². The average Bonchev–Trinajstić information content (AvgIpc) is 3.89. The molecule has 0 aliphatic heterocycles. The molecule has 0 saturated heterocycles. The fourth-order valence-electron chi connectivity index (χ4n) is 8.02. The minimum Gasteiger partial charge on any atom is -0.459 e. The van der Waals surface area contributed by atoms with Crippen LogP contribution < -0.4 is 0 Å². The molecule has 4 aliphatic carbocycles. The minimum atomic E-state index is -0.236. The van der Waals surface area contributed by atoms with Crippen LogP contribution in [0, 0.1) is 23.7 Å². The van der Waals surface area contributed by atoms with E-state index in [0.717, 1.165) is 77.0 Å². The van der Waals surface area contributed by atoms with Crippen molar-refractivity contribution in [3.63, 3.8) is 0 Å². The van der Waals surface area contributed by atoms with Gasteiger partial charge in [-0.15, -0.1) is 11.6 Å². The predicted molar refractivity (Wildman–Crippen MR) is 214 cm³/mol. The Kier molecular flexibility index (Phi) is 19.4. The maximum atomic E-state index is 11.9. The van der Waals surface area contributed by atoms with Gasteiger partial charge in [-0.1, -0.05) is 114 Å². The Bertz CT molecular complexity index is 1210. The number of hydrogen-bond donors (Lipinski definition) is 2. The van der Waals surface area contributed by atoms with Crippen molar-refractivity contribution in [1.29, 1.82) is 0 Å². The van der Waals surface area contributed by atoms with Crippen molar-refractivity contribution < 1.29 is 29.3 Å². The molecule has 4 saturated carbocycles. The molecular formula is C42H60B3ClO6.